The van der Waals surface area contributed by atoms with Crippen LogP contribution in [0.25, 0.3) is 0 Å². The van der Waals surface area contributed by atoms with Crippen molar-refractivity contribution in [2.45, 2.75) is 6.92 Å². The minimum atomic E-state index is 0.567. The number of benzene rings is 1. The number of hydrogen-bond acceptors (Lipinski definition) is 2. The lowest BCUT2D eigenvalue weighted by molar-refractivity contribution is 0.463. The van der Waals surface area contributed by atoms with Crippen molar-refractivity contribution in [2.75, 3.05) is 0 Å². The molecule has 0 aliphatic rings. The van der Waals surface area contributed by atoms with E-state index in [1.807, 2.05) is 31.2 Å². The summed E-state index contributed by atoms with van der Waals surface area (Å²) in [7, 11) is 0. The fraction of sp³-hybridized carbons (Fsp3) is 0.0833. The van der Waals surface area contributed by atoms with Crippen molar-refractivity contribution in [1.29, 1.82) is 0 Å². The molecule has 0 atom stereocenters. The molecule has 1 heterocycles. The summed E-state index contributed by atoms with van der Waals surface area (Å²) in [5.74, 6) is 1.27. The van der Waals surface area contributed by atoms with E-state index in [1.54, 1.807) is 18.3 Å². The first-order chi connectivity index (χ1) is 7.25. The summed E-state index contributed by atoms with van der Waals surface area (Å²) >= 11 is 5.98. The summed E-state index contributed by atoms with van der Waals surface area (Å²) < 4.78 is 5.52. The highest BCUT2D eigenvalue weighted by Gasteiger charge is 2.00. The number of hydrogen-bond donors (Lipinski definition) is 0. The van der Waals surface area contributed by atoms with Gasteiger partial charge in [0.25, 0.3) is 0 Å². The van der Waals surface area contributed by atoms with E-state index in [1.165, 1.54) is 0 Å². The number of ether oxygens (including phenoxy) is 1. The van der Waals surface area contributed by atoms with Crippen LogP contribution in [-0.2, 0) is 0 Å². The van der Waals surface area contributed by atoms with Gasteiger partial charge in [0.05, 0.1) is 0 Å². The van der Waals surface area contributed by atoms with Crippen LogP contribution in [0.5, 0.6) is 11.6 Å². The van der Waals surface area contributed by atoms with Crippen molar-refractivity contribution in [3.63, 3.8) is 0 Å². The number of pyridine rings is 1. The van der Waals surface area contributed by atoms with Crippen LogP contribution in [-0.4, -0.2) is 4.98 Å². The van der Waals surface area contributed by atoms with E-state index in [0.29, 0.717) is 16.7 Å². The van der Waals surface area contributed by atoms with Gasteiger partial charge in [0, 0.05) is 17.3 Å². The Morgan fingerprint density at radius 2 is 2.07 bits per heavy atom. The van der Waals surface area contributed by atoms with E-state index in [9.17, 15) is 0 Å². The topological polar surface area (TPSA) is 22.1 Å². The molecule has 0 saturated heterocycles. The Bertz CT molecular complexity index is 456. The normalized spacial score (nSPS) is 10.0. The predicted octanol–water partition coefficient (Wildman–Crippen LogP) is 3.84. The van der Waals surface area contributed by atoms with Gasteiger partial charge in [-0.15, -0.1) is 0 Å². The molecule has 1 aromatic carbocycles. The second kappa shape index (κ2) is 4.32. The lowest BCUT2D eigenvalue weighted by atomic mass is 10.2. The van der Waals surface area contributed by atoms with Crippen molar-refractivity contribution in [2.24, 2.45) is 0 Å². The van der Waals surface area contributed by atoms with E-state index < -0.39 is 0 Å². The van der Waals surface area contributed by atoms with Gasteiger partial charge in [0.2, 0.25) is 5.88 Å². The number of aromatic nitrogens is 1. The fourth-order valence-corrected chi connectivity index (χ4v) is 1.34. The molecule has 0 bridgehead atoms. The van der Waals surface area contributed by atoms with Gasteiger partial charge in [-0.1, -0.05) is 23.7 Å². The summed E-state index contributed by atoms with van der Waals surface area (Å²) in [5, 5.41) is 0.698. The monoisotopic (exact) mass is 219 g/mol. The van der Waals surface area contributed by atoms with E-state index >= 15 is 0 Å². The van der Waals surface area contributed by atoms with Gasteiger partial charge in [-0.2, -0.15) is 0 Å². The molecular weight excluding hydrogens is 210 g/mol. The smallest absolute Gasteiger partial charge is 0.219 e. The zero-order chi connectivity index (χ0) is 10.7. The minimum Gasteiger partial charge on any atom is -0.439 e. The number of nitrogens with zero attached hydrogens (tertiary/aromatic N) is 1. The van der Waals surface area contributed by atoms with Gasteiger partial charge in [-0.05, 0) is 30.7 Å². The van der Waals surface area contributed by atoms with Crippen LogP contribution < -0.4 is 4.74 Å². The van der Waals surface area contributed by atoms with Crippen molar-refractivity contribution < 1.29 is 4.74 Å². The molecule has 0 radical (unpaired) electrons. The lowest BCUT2D eigenvalue weighted by Crippen LogP contribution is -1.87. The largest absolute Gasteiger partial charge is 0.439 e. The SMILES string of the molecule is Cc1ccc(Oc2ccccn2)cc1Cl. The van der Waals surface area contributed by atoms with E-state index in [-0.39, 0.29) is 0 Å². The Kier molecular flexibility index (Phi) is 2.88. The summed E-state index contributed by atoms with van der Waals surface area (Å²) in [6, 6.07) is 11.1. The second-order valence-corrected chi connectivity index (χ2v) is 3.59. The molecule has 15 heavy (non-hydrogen) atoms. The Morgan fingerprint density at radius 1 is 1.20 bits per heavy atom. The Labute approximate surface area is 93.5 Å². The van der Waals surface area contributed by atoms with Crippen LogP contribution in [0.1, 0.15) is 5.56 Å². The summed E-state index contributed by atoms with van der Waals surface area (Å²) in [5.41, 5.74) is 1.03. The third kappa shape index (κ3) is 2.48. The quantitative estimate of drug-likeness (QED) is 0.766. The van der Waals surface area contributed by atoms with Gasteiger partial charge in [0.1, 0.15) is 5.75 Å². The van der Waals surface area contributed by atoms with Crippen LogP contribution in [0, 0.1) is 6.92 Å². The maximum atomic E-state index is 5.98. The first-order valence-electron chi connectivity index (χ1n) is 4.61. The van der Waals surface area contributed by atoms with E-state index in [4.69, 9.17) is 16.3 Å². The average Bonchev–Trinajstić information content (AvgIpc) is 2.25. The fourth-order valence-electron chi connectivity index (χ4n) is 1.17. The molecule has 2 rings (SSSR count). The van der Waals surface area contributed by atoms with Crippen molar-refractivity contribution in [3.8, 4) is 11.6 Å². The van der Waals surface area contributed by atoms with Gasteiger partial charge in [-0.25, -0.2) is 4.98 Å². The Hall–Kier alpha value is -1.54. The highest BCUT2D eigenvalue weighted by molar-refractivity contribution is 6.31. The van der Waals surface area contributed by atoms with Gasteiger partial charge >= 0.3 is 0 Å². The molecule has 0 spiro atoms. The van der Waals surface area contributed by atoms with Gasteiger partial charge in [-0.3, -0.25) is 0 Å². The highest BCUT2D eigenvalue weighted by Crippen LogP contribution is 2.24. The molecule has 0 N–H and O–H groups in total. The molecule has 1 aromatic heterocycles. The average molecular weight is 220 g/mol. The van der Waals surface area contributed by atoms with Crippen LogP contribution in [0.3, 0.4) is 0 Å². The van der Waals surface area contributed by atoms with E-state index in [0.717, 1.165) is 5.56 Å². The molecule has 2 aromatic rings. The zero-order valence-corrected chi connectivity index (χ0v) is 9.03. The molecule has 0 saturated carbocycles. The van der Waals surface area contributed by atoms with Crippen molar-refractivity contribution >= 4 is 11.6 Å². The van der Waals surface area contributed by atoms with Crippen LogP contribution in [0.4, 0.5) is 0 Å². The van der Waals surface area contributed by atoms with Crippen molar-refractivity contribution in [1.82, 2.24) is 4.98 Å². The first kappa shape index (κ1) is 9.99. The maximum absolute atomic E-state index is 5.98. The molecule has 0 aliphatic carbocycles. The third-order valence-electron chi connectivity index (χ3n) is 2.00. The first-order valence-corrected chi connectivity index (χ1v) is 4.98. The number of rotatable bonds is 2. The predicted molar refractivity (Wildman–Crippen MR) is 60.5 cm³/mol. The number of aryl methyl sites for hydroxylation is 1. The third-order valence-corrected chi connectivity index (χ3v) is 2.41. The molecule has 76 valence electrons. The second-order valence-electron chi connectivity index (χ2n) is 3.18. The Morgan fingerprint density at radius 3 is 2.73 bits per heavy atom. The molecular formula is C12H10ClNO. The van der Waals surface area contributed by atoms with Crippen LogP contribution in [0.15, 0.2) is 42.6 Å². The molecule has 3 heteroatoms. The van der Waals surface area contributed by atoms with Gasteiger partial charge < -0.3 is 4.74 Å². The summed E-state index contributed by atoms with van der Waals surface area (Å²) in [6.07, 6.45) is 1.69. The lowest BCUT2D eigenvalue weighted by Gasteiger charge is -2.05. The standard InChI is InChI=1S/C12H10ClNO/c1-9-5-6-10(8-11(9)13)15-12-4-2-3-7-14-12/h2-8H,1H3. The number of halogens is 1. The highest BCUT2D eigenvalue weighted by atomic mass is 35.5. The van der Waals surface area contributed by atoms with Crippen molar-refractivity contribution in [3.05, 3.63) is 53.2 Å². The van der Waals surface area contributed by atoms with Crippen LogP contribution in [0.2, 0.25) is 5.02 Å². The van der Waals surface area contributed by atoms with Crippen LogP contribution >= 0.6 is 11.6 Å². The van der Waals surface area contributed by atoms with E-state index in [2.05, 4.69) is 4.98 Å². The molecule has 2 nitrogen and oxygen atoms in total. The molecule has 0 amide bonds. The Balaban J connectivity index is 2.22. The maximum Gasteiger partial charge on any atom is 0.219 e. The van der Waals surface area contributed by atoms with Gasteiger partial charge in [0.15, 0.2) is 0 Å². The molecule has 0 aliphatic heterocycles. The molecule has 0 unspecified atom stereocenters. The molecule has 0 fully saturated rings. The summed E-state index contributed by atoms with van der Waals surface area (Å²) in [4.78, 5) is 4.06. The minimum absolute atomic E-state index is 0.567. The zero-order valence-electron chi connectivity index (χ0n) is 8.27. The summed E-state index contributed by atoms with van der Waals surface area (Å²) in [6.45, 7) is 1.95.